The van der Waals surface area contributed by atoms with E-state index in [0.717, 1.165) is 5.56 Å². The Balaban J connectivity index is 1.57. The highest BCUT2D eigenvalue weighted by Crippen LogP contribution is 2.37. The minimum absolute atomic E-state index is 0.00662. The van der Waals surface area contributed by atoms with E-state index in [0.29, 0.717) is 31.9 Å². The van der Waals surface area contributed by atoms with Gasteiger partial charge in [0.1, 0.15) is 11.6 Å². The number of amides is 2. The molecule has 0 saturated carbocycles. The normalized spacial score (nSPS) is 14.7. The third-order valence-corrected chi connectivity index (χ3v) is 6.13. The molecule has 0 radical (unpaired) electrons. The molecule has 1 aliphatic heterocycles. The summed E-state index contributed by atoms with van der Waals surface area (Å²) >= 11 is 6.68. The molecular weight excluding hydrogens is 471 g/mol. The van der Waals surface area contributed by atoms with Crippen LogP contribution in [0.3, 0.4) is 0 Å². The second kappa shape index (κ2) is 10.2. The number of rotatable bonds is 6. The molecule has 2 amide bonds. The van der Waals surface area contributed by atoms with Crippen LogP contribution < -0.4 is 15.0 Å². The summed E-state index contributed by atoms with van der Waals surface area (Å²) in [6, 6.07) is 19.6. The van der Waals surface area contributed by atoms with Crippen molar-refractivity contribution in [2.24, 2.45) is 0 Å². The van der Waals surface area contributed by atoms with Crippen molar-refractivity contribution in [2.45, 2.75) is 20.0 Å². The predicted octanol–water partition coefficient (Wildman–Crippen LogP) is 6.27. The van der Waals surface area contributed by atoms with Gasteiger partial charge in [-0.3, -0.25) is 14.5 Å². The minimum Gasteiger partial charge on any atom is -0.490 e. The number of nitrogens with zero attached hydrogens (tertiary/aromatic N) is 1. The van der Waals surface area contributed by atoms with Gasteiger partial charge in [-0.05, 0) is 68.5 Å². The molecule has 0 atom stereocenters. The lowest BCUT2D eigenvalue weighted by Crippen LogP contribution is -2.27. The Labute approximate surface area is 206 Å². The van der Waals surface area contributed by atoms with E-state index in [2.05, 4.69) is 5.32 Å². The molecule has 172 valence electrons. The summed E-state index contributed by atoms with van der Waals surface area (Å²) < 4.78 is 19.3. The van der Waals surface area contributed by atoms with E-state index in [9.17, 15) is 14.0 Å². The first-order valence-electron chi connectivity index (χ1n) is 10.5. The van der Waals surface area contributed by atoms with Gasteiger partial charge in [-0.1, -0.05) is 48.2 Å². The fourth-order valence-corrected chi connectivity index (χ4v) is 4.61. The quantitative estimate of drug-likeness (QED) is 0.325. The number of hydrogen-bond acceptors (Lipinski definition) is 5. The number of nitrogens with one attached hydrogen (secondary N) is 1. The number of ether oxygens (including phenoxy) is 1. The lowest BCUT2D eigenvalue weighted by atomic mass is 10.1. The zero-order valence-electron chi connectivity index (χ0n) is 18.4. The molecule has 34 heavy (non-hydrogen) atoms. The van der Waals surface area contributed by atoms with Gasteiger partial charge in [0, 0.05) is 16.8 Å². The molecule has 0 unspecified atom stereocenters. The number of para-hydroxylation sites is 1. The molecular formula is C26H21FN2O3S2. The van der Waals surface area contributed by atoms with Crippen LogP contribution in [0.5, 0.6) is 5.75 Å². The average molecular weight is 493 g/mol. The van der Waals surface area contributed by atoms with E-state index in [1.165, 1.54) is 40.9 Å². The molecule has 0 bridgehead atoms. The topological polar surface area (TPSA) is 58.6 Å². The Morgan fingerprint density at radius 1 is 1.09 bits per heavy atom. The second-order valence-electron chi connectivity index (χ2n) is 7.73. The predicted molar refractivity (Wildman–Crippen MR) is 139 cm³/mol. The van der Waals surface area contributed by atoms with E-state index in [4.69, 9.17) is 17.0 Å². The highest BCUT2D eigenvalue weighted by atomic mass is 32.2. The molecule has 1 heterocycles. The van der Waals surface area contributed by atoms with Gasteiger partial charge < -0.3 is 10.1 Å². The van der Waals surface area contributed by atoms with Crippen molar-refractivity contribution < 1.29 is 18.7 Å². The molecule has 3 aromatic rings. The summed E-state index contributed by atoms with van der Waals surface area (Å²) in [5.74, 6) is -0.359. The Bertz CT molecular complexity index is 1290. The van der Waals surface area contributed by atoms with E-state index in [-0.39, 0.29) is 23.7 Å². The molecule has 1 aliphatic rings. The molecule has 0 aromatic heterocycles. The first kappa shape index (κ1) is 23.7. The third-order valence-electron chi connectivity index (χ3n) is 4.83. The maximum atomic E-state index is 13.2. The smallest absolute Gasteiger partial charge is 0.270 e. The standard InChI is InChI=1S/C26H21FN2O3S2/c1-16(2)32-22-9-4-3-6-17(22)15-23-25(31)29(26(33)34-23)21-8-5-7-18(14-21)24(30)28-20-12-10-19(27)11-13-20/h3-16H,1-2H3,(H,28,30)/b23-15+. The third kappa shape index (κ3) is 5.35. The van der Waals surface area contributed by atoms with Gasteiger partial charge >= 0.3 is 0 Å². The van der Waals surface area contributed by atoms with Crippen molar-refractivity contribution in [1.82, 2.24) is 0 Å². The van der Waals surface area contributed by atoms with Gasteiger partial charge in [-0.25, -0.2) is 4.39 Å². The zero-order valence-corrected chi connectivity index (χ0v) is 20.1. The molecule has 4 rings (SSSR count). The van der Waals surface area contributed by atoms with Crippen LogP contribution in [-0.2, 0) is 4.79 Å². The summed E-state index contributed by atoms with van der Waals surface area (Å²) in [6.07, 6.45) is 1.76. The van der Waals surface area contributed by atoms with E-state index in [1.54, 1.807) is 30.3 Å². The Morgan fingerprint density at radius 2 is 1.82 bits per heavy atom. The molecule has 8 heteroatoms. The zero-order chi connectivity index (χ0) is 24.2. The number of carbonyl (C=O) groups excluding carboxylic acids is 2. The molecule has 0 aliphatic carbocycles. The van der Waals surface area contributed by atoms with Crippen LogP contribution in [0.1, 0.15) is 29.8 Å². The number of anilines is 2. The van der Waals surface area contributed by atoms with Crippen molar-refractivity contribution in [1.29, 1.82) is 0 Å². The molecule has 5 nitrogen and oxygen atoms in total. The van der Waals surface area contributed by atoms with Gasteiger partial charge in [-0.2, -0.15) is 0 Å². The van der Waals surface area contributed by atoms with Gasteiger partial charge in [0.25, 0.3) is 11.8 Å². The molecule has 3 aromatic carbocycles. The maximum Gasteiger partial charge on any atom is 0.270 e. The molecule has 1 N–H and O–H groups in total. The van der Waals surface area contributed by atoms with Crippen LogP contribution in [0.2, 0.25) is 0 Å². The van der Waals surface area contributed by atoms with Crippen LogP contribution in [-0.4, -0.2) is 22.2 Å². The number of thioether (sulfide) groups is 1. The number of benzene rings is 3. The number of halogens is 1. The van der Waals surface area contributed by atoms with Crippen molar-refractivity contribution in [3.8, 4) is 5.75 Å². The summed E-state index contributed by atoms with van der Waals surface area (Å²) in [6.45, 7) is 3.88. The lowest BCUT2D eigenvalue weighted by molar-refractivity contribution is -0.113. The van der Waals surface area contributed by atoms with Crippen LogP contribution >= 0.6 is 24.0 Å². The van der Waals surface area contributed by atoms with Crippen molar-refractivity contribution in [3.63, 3.8) is 0 Å². The van der Waals surface area contributed by atoms with E-state index in [1.807, 2.05) is 38.1 Å². The van der Waals surface area contributed by atoms with Crippen molar-refractivity contribution in [3.05, 3.63) is 94.6 Å². The summed E-state index contributed by atoms with van der Waals surface area (Å²) in [5, 5.41) is 2.72. The van der Waals surface area contributed by atoms with Gasteiger partial charge in [0.15, 0.2) is 4.32 Å². The van der Waals surface area contributed by atoms with Crippen LogP contribution in [0.4, 0.5) is 15.8 Å². The SMILES string of the molecule is CC(C)Oc1ccccc1/C=C1/SC(=S)N(c2cccc(C(=O)Nc3ccc(F)cc3)c2)C1=O. The Kier molecular flexibility index (Phi) is 7.09. The second-order valence-corrected chi connectivity index (χ2v) is 9.41. The number of hydrogen-bond donors (Lipinski definition) is 1. The molecule has 1 saturated heterocycles. The fraction of sp³-hybridized carbons (Fsp3) is 0.115. The summed E-state index contributed by atoms with van der Waals surface area (Å²) in [7, 11) is 0. The van der Waals surface area contributed by atoms with E-state index < -0.39 is 0 Å². The highest BCUT2D eigenvalue weighted by molar-refractivity contribution is 8.27. The first-order valence-corrected chi connectivity index (χ1v) is 11.7. The van der Waals surface area contributed by atoms with Crippen LogP contribution in [0, 0.1) is 5.82 Å². The Hall–Kier alpha value is -3.49. The van der Waals surface area contributed by atoms with Crippen molar-refractivity contribution >= 4 is 57.6 Å². The van der Waals surface area contributed by atoms with Crippen LogP contribution in [0.15, 0.2) is 77.7 Å². The minimum atomic E-state index is -0.388. The first-order chi connectivity index (χ1) is 16.3. The van der Waals surface area contributed by atoms with Crippen molar-refractivity contribution in [2.75, 3.05) is 10.2 Å². The van der Waals surface area contributed by atoms with Gasteiger partial charge in [0.2, 0.25) is 0 Å². The largest absolute Gasteiger partial charge is 0.490 e. The van der Waals surface area contributed by atoms with Gasteiger partial charge in [0.05, 0.1) is 16.7 Å². The van der Waals surface area contributed by atoms with E-state index >= 15 is 0 Å². The molecule has 0 spiro atoms. The molecule has 1 fully saturated rings. The average Bonchev–Trinajstić information content (AvgIpc) is 3.09. The summed E-state index contributed by atoms with van der Waals surface area (Å²) in [4.78, 5) is 27.8. The number of carbonyl (C=O) groups is 2. The van der Waals surface area contributed by atoms with Gasteiger partial charge in [-0.15, -0.1) is 0 Å². The maximum absolute atomic E-state index is 13.2. The lowest BCUT2D eigenvalue weighted by Gasteiger charge is -2.16. The summed E-state index contributed by atoms with van der Waals surface area (Å²) in [5.41, 5.74) is 2.08. The Morgan fingerprint density at radius 3 is 2.56 bits per heavy atom. The number of thiocarbonyl (C=S) groups is 1. The van der Waals surface area contributed by atoms with Crippen LogP contribution in [0.25, 0.3) is 6.08 Å². The fourth-order valence-electron chi connectivity index (χ4n) is 3.32. The monoisotopic (exact) mass is 492 g/mol. The highest BCUT2D eigenvalue weighted by Gasteiger charge is 2.33.